The van der Waals surface area contributed by atoms with Crippen LogP contribution in [0.4, 0.5) is 9.18 Å². The zero-order valence-electron chi connectivity index (χ0n) is 21.2. The number of carbonyl (C=O) groups excluding carboxylic acids is 1. The first-order valence-corrected chi connectivity index (χ1v) is 11.6. The predicted octanol–water partition coefficient (Wildman–Crippen LogP) is 4.56. The van der Waals surface area contributed by atoms with Crippen molar-refractivity contribution >= 4 is 30.2 Å². The Morgan fingerprint density at radius 2 is 1.79 bits per heavy atom. The van der Waals surface area contributed by atoms with Crippen LogP contribution in [-0.4, -0.2) is 48.1 Å². The van der Waals surface area contributed by atoms with Crippen LogP contribution in [0.5, 0.6) is 11.5 Å². The average Bonchev–Trinajstić information content (AvgIpc) is 2.88. The Balaban J connectivity index is 0.00000533. The van der Waals surface area contributed by atoms with E-state index in [1.165, 1.54) is 36.4 Å². The lowest BCUT2D eigenvalue weighted by Gasteiger charge is -2.14. The largest absolute Gasteiger partial charge is 0.510 e. The van der Waals surface area contributed by atoms with Gasteiger partial charge in [-0.1, -0.05) is 17.7 Å². The zero-order valence-corrected chi connectivity index (χ0v) is 22.8. The number of hydrogen-bond donors (Lipinski definition) is 0. The number of rotatable bonds is 9. The normalized spacial score (nSPS) is 10.3. The minimum Gasteiger partial charge on any atom is -0.453 e. The third kappa shape index (κ3) is 8.42. The molecule has 0 N–H and O–H groups in total. The van der Waals surface area contributed by atoms with E-state index in [0.29, 0.717) is 17.8 Å². The molecule has 1 aromatic heterocycles. The third-order valence-electron chi connectivity index (χ3n) is 5.15. The summed E-state index contributed by atoms with van der Waals surface area (Å²) in [4.78, 5) is 26.1. The summed E-state index contributed by atoms with van der Waals surface area (Å²) in [6.45, 7) is 1.69. The van der Waals surface area contributed by atoms with E-state index < -0.39 is 24.3 Å². The van der Waals surface area contributed by atoms with Gasteiger partial charge in [0.2, 0.25) is 0 Å². The Morgan fingerprint density at radius 1 is 1.13 bits per heavy atom. The van der Waals surface area contributed by atoms with Crippen molar-refractivity contribution in [1.82, 2.24) is 14.7 Å². The van der Waals surface area contributed by atoms with E-state index in [0.717, 1.165) is 4.68 Å². The Hall–Kier alpha value is -4.16. The summed E-state index contributed by atoms with van der Waals surface area (Å²) in [7, 11) is 3.64. The highest BCUT2D eigenvalue weighted by Gasteiger charge is 2.18. The topological polar surface area (TPSA) is 130 Å². The Bertz CT molecular complexity index is 1470. The molecule has 1 heterocycles. The van der Waals surface area contributed by atoms with Gasteiger partial charge >= 0.3 is 6.16 Å². The Morgan fingerprint density at radius 3 is 2.41 bits per heavy atom. The van der Waals surface area contributed by atoms with Crippen molar-refractivity contribution in [2.24, 2.45) is 0 Å². The number of ether oxygens (including phenoxy) is 3. The van der Waals surface area contributed by atoms with Crippen molar-refractivity contribution in [1.29, 1.82) is 10.5 Å². The van der Waals surface area contributed by atoms with Crippen molar-refractivity contribution in [3.8, 4) is 23.6 Å². The maximum atomic E-state index is 15.5. The second-order valence-electron chi connectivity index (χ2n) is 8.40. The molecule has 0 spiro atoms. The quantitative estimate of drug-likeness (QED) is 0.337. The fourth-order valence-corrected chi connectivity index (χ4v) is 3.47. The molecule has 0 amide bonds. The lowest BCUT2D eigenvalue weighted by molar-refractivity contribution is 0.0260. The van der Waals surface area contributed by atoms with E-state index in [1.54, 1.807) is 6.92 Å². The fourth-order valence-electron chi connectivity index (χ4n) is 3.29. The maximum absolute atomic E-state index is 15.5. The van der Waals surface area contributed by atoms with Gasteiger partial charge in [0.05, 0.1) is 34.0 Å². The van der Waals surface area contributed by atoms with Gasteiger partial charge in [-0.05, 0) is 56.9 Å². The first-order valence-electron chi connectivity index (χ1n) is 11.2. The summed E-state index contributed by atoms with van der Waals surface area (Å²) in [5.74, 6) is -1.01. The fraction of sp³-hybridized carbons (Fsp3) is 0.269. The van der Waals surface area contributed by atoms with Gasteiger partial charge in [0, 0.05) is 18.5 Å². The number of likely N-dealkylation sites (N-methyl/N-ethyl adjacent to an activating group) is 1. The highest BCUT2D eigenvalue weighted by Crippen LogP contribution is 2.35. The minimum atomic E-state index is -0.950. The standard InChI is InChI=1S/C26H23ClFN5O5.ClH/c1-16-8-20(31-33(25(16)34)15-37-26(35)36-7-6-32(2)3)12-19-4-5-22(27)24(23(19)28)38-21-10-17(13-29)9-18(11-21)14-30;/h4-5,8-11H,6-7,12,15H2,1-3H3;1H. The Kier molecular flexibility index (Phi) is 11.2. The van der Waals surface area contributed by atoms with Crippen LogP contribution in [0.15, 0.2) is 41.2 Å². The first-order chi connectivity index (χ1) is 18.1. The molecule has 0 bridgehead atoms. The number of nitriles is 2. The predicted molar refractivity (Wildman–Crippen MR) is 142 cm³/mol. The van der Waals surface area contributed by atoms with Gasteiger partial charge in [-0.25, -0.2) is 9.18 Å². The molecular weight excluding hydrogens is 552 g/mol. The van der Waals surface area contributed by atoms with Gasteiger partial charge in [-0.3, -0.25) is 4.79 Å². The van der Waals surface area contributed by atoms with Crippen molar-refractivity contribution < 1.29 is 23.4 Å². The van der Waals surface area contributed by atoms with E-state index in [-0.39, 0.29) is 58.6 Å². The van der Waals surface area contributed by atoms with E-state index in [9.17, 15) is 20.1 Å². The average molecular weight is 576 g/mol. The van der Waals surface area contributed by atoms with Crippen LogP contribution in [0.2, 0.25) is 5.02 Å². The molecule has 0 aliphatic rings. The molecule has 2 aromatic carbocycles. The molecule has 0 atom stereocenters. The summed E-state index contributed by atoms with van der Waals surface area (Å²) in [6, 6.07) is 12.3. The molecule has 0 aliphatic carbocycles. The van der Waals surface area contributed by atoms with Crippen LogP contribution in [0.1, 0.15) is 27.9 Å². The lowest BCUT2D eigenvalue weighted by atomic mass is 10.1. The zero-order chi connectivity index (χ0) is 27.8. The van der Waals surface area contributed by atoms with Gasteiger partial charge < -0.3 is 19.1 Å². The number of hydrogen-bond acceptors (Lipinski definition) is 9. The van der Waals surface area contributed by atoms with Crippen LogP contribution in [0.25, 0.3) is 0 Å². The molecule has 10 nitrogen and oxygen atoms in total. The van der Waals surface area contributed by atoms with Gasteiger partial charge in [-0.15, -0.1) is 12.4 Å². The molecule has 0 aliphatic heterocycles. The molecule has 204 valence electrons. The summed E-state index contributed by atoms with van der Waals surface area (Å²) in [5.41, 5.74) is 0.623. The monoisotopic (exact) mass is 575 g/mol. The molecule has 0 saturated carbocycles. The van der Waals surface area contributed by atoms with Gasteiger partial charge in [0.15, 0.2) is 18.3 Å². The molecule has 0 unspecified atom stereocenters. The first kappa shape index (κ1) is 31.1. The molecule has 39 heavy (non-hydrogen) atoms. The van der Waals surface area contributed by atoms with Crippen LogP contribution >= 0.6 is 24.0 Å². The van der Waals surface area contributed by atoms with Gasteiger partial charge in [0.1, 0.15) is 12.4 Å². The number of aromatic nitrogens is 2. The maximum Gasteiger partial charge on any atom is 0.510 e. The number of halogens is 3. The van der Waals surface area contributed by atoms with Gasteiger partial charge in [-0.2, -0.15) is 20.3 Å². The van der Waals surface area contributed by atoms with Crippen LogP contribution in [0, 0.1) is 35.4 Å². The summed E-state index contributed by atoms with van der Waals surface area (Å²) in [5, 5.41) is 22.5. The van der Waals surface area contributed by atoms with E-state index >= 15 is 4.39 Å². The SMILES string of the molecule is Cc1cc(Cc2ccc(Cl)c(Oc3cc(C#N)cc(C#N)c3)c2F)nn(COC(=O)OCCN(C)C)c1=O.Cl. The van der Waals surface area contributed by atoms with Crippen molar-refractivity contribution in [2.45, 2.75) is 20.1 Å². The highest BCUT2D eigenvalue weighted by atomic mass is 35.5. The van der Waals surface area contributed by atoms with E-state index in [2.05, 4.69) is 5.10 Å². The summed E-state index contributed by atoms with van der Waals surface area (Å²) >= 11 is 6.18. The van der Waals surface area contributed by atoms with Crippen LogP contribution in [0.3, 0.4) is 0 Å². The highest BCUT2D eigenvalue weighted by molar-refractivity contribution is 6.32. The molecule has 3 aromatic rings. The number of nitrogens with zero attached hydrogens (tertiary/aromatic N) is 5. The molecule has 0 saturated heterocycles. The molecule has 3 rings (SSSR count). The minimum absolute atomic E-state index is 0. The van der Waals surface area contributed by atoms with E-state index in [1.807, 2.05) is 31.1 Å². The van der Waals surface area contributed by atoms with Crippen molar-refractivity contribution in [3.63, 3.8) is 0 Å². The molecular formula is C26H24Cl2FN5O5. The molecule has 13 heteroatoms. The second kappa shape index (κ2) is 14.1. The lowest BCUT2D eigenvalue weighted by Crippen LogP contribution is -2.29. The second-order valence-corrected chi connectivity index (χ2v) is 8.80. The summed E-state index contributed by atoms with van der Waals surface area (Å²) < 4.78 is 31.9. The van der Waals surface area contributed by atoms with Crippen LogP contribution in [-0.2, 0) is 22.6 Å². The molecule has 0 radical (unpaired) electrons. The van der Waals surface area contributed by atoms with Crippen LogP contribution < -0.4 is 10.3 Å². The third-order valence-corrected chi connectivity index (χ3v) is 5.45. The number of aryl methyl sites for hydroxylation is 1. The van der Waals surface area contributed by atoms with Gasteiger partial charge in [0.25, 0.3) is 5.56 Å². The van der Waals surface area contributed by atoms with E-state index in [4.69, 9.17) is 25.8 Å². The summed E-state index contributed by atoms with van der Waals surface area (Å²) in [6.07, 6.45) is -0.996. The molecule has 0 fully saturated rings. The van der Waals surface area contributed by atoms with Crippen molar-refractivity contribution in [3.05, 3.63) is 85.5 Å². The Labute approximate surface area is 235 Å². The number of benzene rings is 2. The van der Waals surface area contributed by atoms with Crippen molar-refractivity contribution in [2.75, 3.05) is 27.2 Å². The number of carbonyl (C=O) groups is 1. The smallest absolute Gasteiger partial charge is 0.453 e.